The number of hydrogen-bond acceptors (Lipinski definition) is 2. The molecule has 0 aliphatic carbocycles. The van der Waals surface area contributed by atoms with Gasteiger partial charge in [0.25, 0.3) is 5.56 Å². The van der Waals surface area contributed by atoms with Gasteiger partial charge in [0.2, 0.25) is 0 Å². The van der Waals surface area contributed by atoms with Crippen LogP contribution in [0.5, 0.6) is 0 Å². The quantitative estimate of drug-likeness (QED) is 0.643. The Balaban J connectivity index is 0.000000514. The van der Waals surface area contributed by atoms with E-state index in [4.69, 9.17) is 0 Å². The van der Waals surface area contributed by atoms with Crippen LogP contribution < -0.4 is 5.56 Å². The number of nitrogens with zero attached hydrogens (tertiary/aromatic N) is 2. The number of nitrogens with one attached hydrogen (secondary N) is 1. The Hall–Kier alpha value is -2.10. The van der Waals surface area contributed by atoms with E-state index in [0.717, 1.165) is 16.4 Å². The van der Waals surface area contributed by atoms with Crippen LogP contribution in [0.3, 0.4) is 0 Å². The summed E-state index contributed by atoms with van der Waals surface area (Å²) in [6, 6.07) is 7.78. The molecule has 0 fully saturated rings. The van der Waals surface area contributed by atoms with Crippen molar-refractivity contribution < 1.29 is 0 Å². The van der Waals surface area contributed by atoms with E-state index in [1.807, 2.05) is 38.1 Å². The lowest BCUT2D eigenvalue weighted by atomic mass is 10.1. The Bertz CT molecular complexity index is 709. The molecule has 0 radical (unpaired) electrons. The van der Waals surface area contributed by atoms with E-state index in [2.05, 4.69) is 10.2 Å². The van der Waals surface area contributed by atoms with Crippen LogP contribution >= 0.6 is 0 Å². The second-order valence-electron chi connectivity index (χ2n) is 3.54. The van der Waals surface area contributed by atoms with Crippen molar-refractivity contribution in [1.29, 1.82) is 0 Å². The Morgan fingerprint density at radius 3 is 2.65 bits per heavy atom. The standard InChI is InChI=1S/C11H9N3O.C2H6/c1-14-9-5-3-2-4-7(9)10-8(11(14)15)6-12-13-10;1-2/h2-6H,1H3,(H,12,13);1-2H3. The smallest absolute Gasteiger partial charge is 0.261 e. The van der Waals surface area contributed by atoms with Crippen LogP contribution in [0.4, 0.5) is 0 Å². The van der Waals surface area contributed by atoms with Crippen molar-refractivity contribution in [3.63, 3.8) is 0 Å². The van der Waals surface area contributed by atoms with Gasteiger partial charge in [-0.25, -0.2) is 0 Å². The number of rotatable bonds is 0. The van der Waals surface area contributed by atoms with E-state index in [-0.39, 0.29) is 5.56 Å². The van der Waals surface area contributed by atoms with Crippen LogP contribution in [0.1, 0.15) is 13.8 Å². The minimum Gasteiger partial charge on any atom is -0.311 e. The van der Waals surface area contributed by atoms with Gasteiger partial charge in [-0.05, 0) is 6.07 Å². The number of aromatic amines is 1. The lowest BCUT2D eigenvalue weighted by Crippen LogP contribution is -2.16. The fourth-order valence-corrected chi connectivity index (χ4v) is 1.92. The first-order valence-corrected chi connectivity index (χ1v) is 5.70. The molecule has 3 rings (SSSR count). The average molecular weight is 229 g/mol. The van der Waals surface area contributed by atoms with Crippen LogP contribution in [0.15, 0.2) is 35.3 Å². The summed E-state index contributed by atoms with van der Waals surface area (Å²) in [5.74, 6) is 0. The Kier molecular flexibility index (Phi) is 2.95. The van der Waals surface area contributed by atoms with Gasteiger partial charge < -0.3 is 4.57 Å². The predicted octanol–water partition coefficient (Wildman–Crippen LogP) is 2.44. The molecule has 0 unspecified atom stereocenters. The highest BCUT2D eigenvalue weighted by molar-refractivity contribution is 6.02. The van der Waals surface area contributed by atoms with Gasteiger partial charge in [-0.1, -0.05) is 32.0 Å². The highest BCUT2D eigenvalue weighted by atomic mass is 16.1. The molecule has 4 heteroatoms. The largest absolute Gasteiger partial charge is 0.311 e. The number of fused-ring (bicyclic) bond motifs is 3. The third-order valence-electron chi connectivity index (χ3n) is 2.71. The van der Waals surface area contributed by atoms with Crippen molar-refractivity contribution in [3.05, 3.63) is 40.8 Å². The maximum atomic E-state index is 11.9. The summed E-state index contributed by atoms with van der Waals surface area (Å²) in [4.78, 5) is 11.9. The molecule has 4 nitrogen and oxygen atoms in total. The van der Waals surface area contributed by atoms with Crippen molar-refractivity contribution >= 4 is 21.8 Å². The molecule has 0 spiro atoms. The topological polar surface area (TPSA) is 50.7 Å². The number of aryl methyl sites for hydroxylation is 1. The fraction of sp³-hybridized carbons (Fsp3) is 0.231. The van der Waals surface area contributed by atoms with E-state index in [0.29, 0.717) is 5.39 Å². The number of H-pyrrole nitrogens is 1. The maximum absolute atomic E-state index is 11.9. The normalized spacial score (nSPS) is 10.3. The first kappa shape index (κ1) is 11.4. The molecule has 0 amide bonds. The molecule has 1 N–H and O–H groups in total. The van der Waals surface area contributed by atoms with Gasteiger partial charge in [0, 0.05) is 12.4 Å². The van der Waals surface area contributed by atoms with Gasteiger partial charge in [0.1, 0.15) is 0 Å². The second-order valence-corrected chi connectivity index (χ2v) is 3.54. The number of aromatic nitrogens is 3. The van der Waals surface area contributed by atoms with Crippen molar-refractivity contribution in [2.75, 3.05) is 0 Å². The van der Waals surface area contributed by atoms with Crippen molar-refractivity contribution in [2.24, 2.45) is 7.05 Å². The third kappa shape index (κ3) is 1.62. The number of para-hydroxylation sites is 1. The average Bonchev–Trinajstić information content (AvgIpc) is 2.88. The molecular formula is C13H15N3O. The molecule has 0 bridgehead atoms. The molecule has 2 heterocycles. The highest BCUT2D eigenvalue weighted by Gasteiger charge is 2.08. The zero-order valence-electron chi connectivity index (χ0n) is 10.2. The van der Waals surface area contributed by atoms with E-state index in [1.54, 1.807) is 17.8 Å². The Morgan fingerprint density at radius 2 is 1.88 bits per heavy atom. The summed E-state index contributed by atoms with van der Waals surface area (Å²) in [6.45, 7) is 4.00. The van der Waals surface area contributed by atoms with Gasteiger partial charge >= 0.3 is 0 Å². The second kappa shape index (κ2) is 4.41. The Morgan fingerprint density at radius 1 is 1.18 bits per heavy atom. The third-order valence-corrected chi connectivity index (χ3v) is 2.71. The highest BCUT2D eigenvalue weighted by Crippen LogP contribution is 2.19. The zero-order chi connectivity index (χ0) is 12.4. The molecule has 17 heavy (non-hydrogen) atoms. The minimum absolute atomic E-state index is 0.0162. The molecule has 0 aliphatic rings. The summed E-state index contributed by atoms with van der Waals surface area (Å²) in [6.07, 6.45) is 1.57. The van der Waals surface area contributed by atoms with Gasteiger partial charge in [0.15, 0.2) is 0 Å². The number of pyridine rings is 1. The number of benzene rings is 1. The summed E-state index contributed by atoms with van der Waals surface area (Å²) >= 11 is 0. The molecular weight excluding hydrogens is 214 g/mol. The molecule has 0 atom stereocenters. The first-order chi connectivity index (χ1) is 8.29. The first-order valence-electron chi connectivity index (χ1n) is 5.70. The van der Waals surface area contributed by atoms with Crippen molar-refractivity contribution in [2.45, 2.75) is 13.8 Å². The number of hydrogen-bond donors (Lipinski definition) is 1. The predicted molar refractivity (Wildman–Crippen MR) is 70.2 cm³/mol. The lowest BCUT2D eigenvalue weighted by molar-refractivity contribution is 0.918. The molecule has 88 valence electrons. The summed E-state index contributed by atoms with van der Waals surface area (Å²) < 4.78 is 1.65. The van der Waals surface area contributed by atoms with Crippen LogP contribution in [0, 0.1) is 0 Å². The zero-order valence-corrected chi connectivity index (χ0v) is 10.2. The van der Waals surface area contributed by atoms with Crippen LogP contribution in [-0.4, -0.2) is 14.8 Å². The van der Waals surface area contributed by atoms with Crippen LogP contribution in [0.25, 0.3) is 21.8 Å². The maximum Gasteiger partial charge on any atom is 0.261 e. The van der Waals surface area contributed by atoms with E-state index in [1.165, 1.54) is 0 Å². The van der Waals surface area contributed by atoms with Crippen molar-refractivity contribution in [3.8, 4) is 0 Å². The monoisotopic (exact) mass is 229 g/mol. The molecule has 1 aromatic carbocycles. The molecule has 0 saturated heterocycles. The van der Waals surface area contributed by atoms with Crippen LogP contribution in [-0.2, 0) is 7.05 Å². The minimum atomic E-state index is -0.0162. The van der Waals surface area contributed by atoms with Gasteiger partial charge in [-0.3, -0.25) is 9.89 Å². The Labute approximate surface area is 98.9 Å². The molecule has 3 aromatic rings. The SMILES string of the molecule is CC.Cn1c(=O)c2cn[nH]c2c2ccccc21. The van der Waals surface area contributed by atoms with E-state index in [9.17, 15) is 4.79 Å². The van der Waals surface area contributed by atoms with E-state index >= 15 is 0 Å². The molecule has 2 aromatic heterocycles. The summed E-state index contributed by atoms with van der Waals surface area (Å²) in [5.41, 5.74) is 1.71. The van der Waals surface area contributed by atoms with Gasteiger partial charge in [-0.15, -0.1) is 0 Å². The van der Waals surface area contributed by atoms with Crippen LogP contribution in [0.2, 0.25) is 0 Å². The molecule has 0 saturated carbocycles. The lowest BCUT2D eigenvalue weighted by Gasteiger charge is -2.04. The fourth-order valence-electron chi connectivity index (χ4n) is 1.92. The summed E-state index contributed by atoms with van der Waals surface area (Å²) in [7, 11) is 1.77. The van der Waals surface area contributed by atoms with Crippen molar-refractivity contribution in [1.82, 2.24) is 14.8 Å². The van der Waals surface area contributed by atoms with E-state index < -0.39 is 0 Å². The van der Waals surface area contributed by atoms with Gasteiger partial charge in [0.05, 0.1) is 22.6 Å². The van der Waals surface area contributed by atoms with Gasteiger partial charge in [-0.2, -0.15) is 5.10 Å². The summed E-state index contributed by atoms with van der Waals surface area (Å²) in [5, 5.41) is 8.44. The molecule has 0 aliphatic heterocycles.